The number of carbonyl (C=O) groups excluding carboxylic acids is 1. The molecule has 0 heterocycles. The number of rotatable bonds is 8. The molecule has 0 aliphatic carbocycles. The van der Waals surface area contributed by atoms with Crippen molar-refractivity contribution in [1.82, 2.24) is 10.6 Å². The van der Waals surface area contributed by atoms with E-state index in [9.17, 15) is 9.90 Å². The Morgan fingerprint density at radius 1 is 1.57 bits per heavy atom. The summed E-state index contributed by atoms with van der Waals surface area (Å²) in [5.41, 5.74) is 0. The minimum Gasteiger partial charge on any atom is -0.389 e. The highest BCUT2D eigenvalue weighted by molar-refractivity contribution is 5.75. The van der Waals surface area contributed by atoms with E-state index in [2.05, 4.69) is 10.6 Å². The van der Waals surface area contributed by atoms with Crippen LogP contribution in [0.2, 0.25) is 0 Å². The maximum atomic E-state index is 11.0. The molecule has 1 atom stereocenters. The molecule has 14 heavy (non-hydrogen) atoms. The lowest BCUT2D eigenvalue weighted by Crippen LogP contribution is -2.33. The topological polar surface area (TPSA) is 70.6 Å². The Balaban J connectivity index is 3.24. The molecule has 0 aliphatic heterocycles. The van der Waals surface area contributed by atoms with Crippen LogP contribution in [0.3, 0.4) is 0 Å². The minimum atomic E-state index is -0.505. The molecule has 0 aromatic heterocycles. The van der Waals surface area contributed by atoms with E-state index in [0.29, 0.717) is 32.7 Å². The molecule has 5 heteroatoms. The van der Waals surface area contributed by atoms with Crippen molar-refractivity contribution in [3.63, 3.8) is 0 Å². The Kier molecular flexibility index (Phi) is 8.51. The quantitative estimate of drug-likeness (QED) is 0.449. The summed E-state index contributed by atoms with van der Waals surface area (Å²) in [7, 11) is 1.54. The molecule has 0 aromatic rings. The van der Waals surface area contributed by atoms with Gasteiger partial charge in [0.25, 0.3) is 0 Å². The van der Waals surface area contributed by atoms with Crippen molar-refractivity contribution in [3.8, 4) is 0 Å². The van der Waals surface area contributed by atoms with E-state index in [1.165, 1.54) is 7.11 Å². The summed E-state index contributed by atoms with van der Waals surface area (Å²) >= 11 is 0. The van der Waals surface area contributed by atoms with Crippen LogP contribution in [0.1, 0.15) is 13.3 Å². The first-order chi connectivity index (χ1) is 6.70. The number of ether oxygens (including phenoxy) is 1. The molecule has 0 saturated carbocycles. The largest absolute Gasteiger partial charge is 0.389 e. The number of amides is 1. The summed E-state index contributed by atoms with van der Waals surface area (Å²) in [4.78, 5) is 11.0. The van der Waals surface area contributed by atoms with Gasteiger partial charge in [-0.2, -0.15) is 0 Å². The minimum absolute atomic E-state index is 0.0289. The van der Waals surface area contributed by atoms with Gasteiger partial charge in [0.1, 0.15) is 0 Å². The van der Waals surface area contributed by atoms with E-state index in [1.807, 2.05) is 6.92 Å². The van der Waals surface area contributed by atoms with Gasteiger partial charge in [0, 0.05) is 33.2 Å². The maximum Gasteiger partial charge on any atom is 0.221 e. The van der Waals surface area contributed by atoms with Crippen LogP contribution >= 0.6 is 0 Å². The molecule has 0 bridgehead atoms. The lowest BCUT2D eigenvalue weighted by molar-refractivity contribution is -0.120. The number of hydrogen-bond donors (Lipinski definition) is 3. The summed E-state index contributed by atoms with van der Waals surface area (Å²) in [6.07, 6.45) is -0.0673. The molecular weight excluding hydrogens is 184 g/mol. The first-order valence-electron chi connectivity index (χ1n) is 4.85. The average molecular weight is 204 g/mol. The second-order valence-corrected chi connectivity index (χ2v) is 3.02. The third-order valence-electron chi connectivity index (χ3n) is 1.64. The first kappa shape index (κ1) is 13.4. The van der Waals surface area contributed by atoms with Gasteiger partial charge in [-0.05, 0) is 6.92 Å². The molecule has 0 radical (unpaired) electrons. The normalized spacial score (nSPS) is 12.5. The predicted molar refractivity (Wildman–Crippen MR) is 54.1 cm³/mol. The molecule has 0 saturated heterocycles. The van der Waals surface area contributed by atoms with Crippen LogP contribution in [0.25, 0.3) is 0 Å². The second kappa shape index (κ2) is 8.93. The van der Waals surface area contributed by atoms with Crippen molar-refractivity contribution in [2.45, 2.75) is 19.4 Å². The highest BCUT2D eigenvalue weighted by Gasteiger charge is 2.03. The number of nitrogens with one attached hydrogen (secondary N) is 2. The van der Waals surface area contributed by atoms with Gasteiger partial charge >= 0.3 is 0 Å². The fourth-order valence-electron chi connectivity index (χ4n) is 1.01. The zero-order valence-corrected chi connectivity index (χ0v) is 8.88. The fraction of sp³-hybridized carbons (Fsp3) is 0.889. The van der Waals surface area contributed by atoms with Gasteiger partial charge in [-0.15, -0.1) is 0 Å². The van der Waals surface area contributed by atoms with Gasteiger partial charge in [0.2, 0.25) is 5.91 Å². The number of aliphatic hydroxyl groups is 1. The lowest BCUT2D eigenvalue weighted by atomic mass is 10.3. The molecule has 0 aromatic carbocycles. The SMILES string of the molecule is CCNC(=O)CCNCC(O)COC. The summed E-state index contributed by atoms with van der Waals surface area (Å²) in [5, 5.41) is 14.9. The summed E-state index contributed by atoms with van der Waals surface area (Å²) < 4.78 is 4.75. The molecule has 0 spiro atoms. The maximum absolute atomic E-state index is 11.0. The number of hydrogen-bond acceptors (Lipinski definition) is 4. The smallest absolute Gasteiger partial charge is 0.221 e. The molecule has 0 fully saturated rings. The summed E-state index contributed by atoms with van der Waals surface area (Å²) in [6.45, 7) is 3.88. The highest BCUT2D eigenvalue weighted by atomic mass is 16.5. The molecular formula is C9H20N2O3. The van der Waals surface area contributed by atoms with Crippen molar-refractivity contribution in [1.29, 1.82) is 0 Å². The Bertz CT molecular complexity index is 153. The zero-order valence-electron chi connectivity index (χ0n) is 8.88. The van der Waals surface area contributed by atoms with Crippen molar-refractivity contribution in [2.24, 2.45) is 0 Å². The molecule has 84 valence electrons. The van der Waals surface area contributed by atoms with Gasteiger partial charge in [-0.3, -0.25) is 4.79 Å². The summed E-state index contributed by atoms with van der Waals surface area (Å²) in [6, 6.07) is 0. The first-order valence-corrected chi connectivity index (χ1v) is 4.85. The zero-order chi connectivity index (χ0) is 10.8. The monoisotopic (exact) mass is 204 g/mol. The van der Waals surface area contributed by atoms with Crippen LogP contribution in [0, 0.1) is 0 Å². The van der Waals surface area contributed by atoms with E-state index in [4.69, 9.17) is 4.74 Å². The molecule has 3 N–H and O–H groups in total. The van der Waals surface area contributed by atoms with E-state index < -0.39 is 6.10 Å². The van der Waals surface area contributed by atoms with Gasteiger partial charge in [-0.1, -0.05) is 0 Å². The molecule has 0 aliphatic rings. The van der Waals surface area contributed by atoms with Crippen molar-refractivity contribution >= 4 is 5.91 Å². The van der Waals surface area contributed by atoms with Crippen molar-refractivity contribution in [3.05, 3.63) is 0 Å². The number of aliphatic hydroxyl groups excluding tert-OH is 1. The molecule has 5 nitrogen and oxygen atoms in total. The molecule has 1 amide bonds. The van der Waals surface area contributed by atoms with E-state index in [0.717, 1.165) is 0 Å². The van der Waals surface area contributed by atoms with Crippen LogP contribution in [0.4, 0.5) is 0 Å². The Morgan fingerprint density at radius 2 is 2.29 bits per heavy atom. The molecule has 0 rings (SSSR count). The Labute approximate surface area is 84.8 Å². The molecule has 1 unspecified atom stereocenters. The van der Waals surface area contributed by atoms with Gasteiger partial charge in [-0.25, -0.2) is 0 Å². The van der Waals surface area contributed by atoms with Crippen LogP contribution in [-0.2, 0) is 9.53 Å². The van der Waals surface area contributed by atoms with E-state index >= 15 is 0 Å². The predicted octanol–water partition coefficient (Wildman–Crippen LogP) is -0.890. The van der Waals surface area contributed by atoms with E-state index in [-0.39, 0.29) is 5.91 Å². The van der Waals surface area contributed by atoms with Gasteiger partial charge < -0.3 is 20.5 Å². The van der Waals surface area contributed by atoms with E-state index in [1.54, 1.807) is 0 Å². The van der Waals surface area contributed by atoms with Crippen molar-refractivity contribution < 1.29 is 14.6 Å². The standard InChI is InChI=1S/C9H20N2O3/c1-3-11-9(13)4-5-10-6-8(12)7-14-2/h8,10,12H,3-7H2,1-2H3,(H,11,13). The third kappa shape index (κ3) is 7.97. The van der Waals surface area contributed by atoms with Gasteiger partial charge in [0.05, 0.1) is 12.7 Å². The number of carbonyl (C=O) groups is 1. The van der Waals surface area contributed by atoms with Crippen LogP contribution in [0.5, 0.6) is 0 Å². The second-order valence-electron chi connectivity index (χ2n) is 3.02. The third-order valence-corrected chi connectivity index (χ3v) is 1.64. The Hall–Kier alpha value is -0.650. The van der Waals surface area contributed by atoms with Crippen LogP contribution in [0.15, 0.2) is 0 Å². The average Bonchev–Trinajstić information content (AvgIpc) is 2.13. The number of methoxy groups -OCH3 is 1. The lowest BCUT2D eigenvalue weighted by Gasteiger charge is -2.10. The Morgan fingerprint density at radius 3 is 2.86 bits per heavy atom. The van der Waals surface area contributed by atoms with Gasteiger partial charge in [0.15, 0.2) is 0 Å². The van der Waals surface area contributed by atoms with Crippen molar-refractivity contribution in [2.75, 3.05) is 33.4 Å². The highest BCUT2D eigenvalue weighted by Crippen LogP contribution is 1.82. The van der Waals surface area contributed by atoms with Crippen LogP contribution < -0.4 is 10.6 Å². The summed E-state index contributed by atoms with van der Waals surface area (Å²) in [5.74, 6) is 0.0289. The fourth-order valence-corrected chi connectivity index (χ4v) is 1.01. The van der Waals surface area contributed by atoms with Crippen LogP contribution in [-0.4, -0.2) is 50.5 Å².